The number of carboxylic acid groups (broad SMARTS) is 1. The van der Waals surface area contributed by atoms with E-state index in [4.69, 9.17) is 19.3 Å². The zero-order chi connectivity index (χ0) is 36.2. The van der Waals surface area contributed by atoms with Gasteiger partial charge >= 0.3 is 18.2 Å². The van der Waals surface area contributed by atoms with Crippen LogP contribution in [-0.2, 0) is 19.0 Å². The summed E-state index contributed by atoms with van der Waals surface area (Å²) >= 11 is 0. The Kier molecular flexibility index (Phi) is 10.8. The molecule has 10 heteroatoms. The summed E-state index contributed by atoms with van der Waals surface area (Å²) in [5.41, 5.74) is -0.0258. The highest BCUT2D eigenvalue weighted by molar-refractivity contribution is 5.76. The average molecular weight is 691 g/mol. The Bertz CT molecular complexity index is 1230. The van der Waals surface area contributed by atoms with Crippen LogP contribution in [0.15, 0.2) is 0 Å². The van der Waals surface area contributed by atoms with Gasteiger partial charge in [-0.25, -0.2) is 9.59 Å². The Hall–Kier alpha value is -2.07. The van der Waals surface area contributed by atoms with Crippen molar-refractivity contribution in [3.8, 4) is 0 Å². The molecule has 0 aromatic rings. The number of carbonyl (C=O) groups is 3. The van der Waals surface area contributed by atoms with Crippen molar-refractivity contribution in [2.75, 3.05) is 26.7 Å². The molecule has 1 spiro atoms. The van der Waals surface area contributed by atoms with Crippen molar-refractivity contribution in [1.29, 1.82) is 0 Å². The van der Waals surface area contributed by atoms with Crippen molar-refractivity contribution in [3.63, 3.8) is 0 Å². The average Bonchev–Trinajstić information content (AvgIpc) is 3.63. The lowest BCUT2D eigenvalue weighted by Crippen LogP contribution is -2.51. The number of nitrogens with one attached hydrogen (secondary N) is 1. The van der Waals surface area contributed by atoms with Gasteiger partial charge < -0.3 is 34.6 Å². The van der Waals surface area contributed by atoms with E-state index in [9.17, 15) is 19.5 Å². The van der Waals surface area contributed by atoms with Crippen molar-refractivity contribution in [3.05, 3.63) is 0 Å². The van der Waals surface area contributed by atoms with Gasteiger partial charge in [-0.05, 0) is 110 Å². The van der Waals surface area contributed by atoms with Crippen molar-refractivity contribution in [1.82, 2.24) is 10.2 Å². The van der Waals surface area contributed by atoms with Crippen LogP contribution in [0.5, 0.6) is 0 Å². The molecule has 1 heterocycles. The third-order valence-corrected chi connectivity index (χ3v) is 15.3. The Labute approximate surface area is 294 Å². The number of nitrogens with zero attached hydrogens (tertiary/aromatic N) is 1. The standard InChI is InChI=1S/C39H66N2O8/c1-24(2)32(49-34(46)41-18-11-19-41)27(47-9)20-25(3)26-21-29(42)36(6,7)37(26,8)16-17-38-14-10-12-28-35(4,5)30(13-15-39(28,38)23-38)48-33(45)40-22-31(43)44/h24-30,32,42H,10-23H2,1-9H3,(H,40,45)(H,43,44)/t25-,26-,27?,28+,29+,30+,32-,37-,38+,39-/m1/s1. The maximum absolute atomic E-state index is 12.8. The zero-order valence-electron chi connectivity index (χ0n) is 31.8. The van der Waals surface area contributed by atoms with Gasteiger partial charge in [0.2, 0.25) is 0 Å². The molecule has 0 bridgehead atoms. The monoisotopic (exact) mass is 690 g/mol. The van der Waals surface area contributed by atoms with Gasteiger partial charge in [0.15, 0.2) is 0 Å². The van der Waals surface area contributed by atoms with Crippen molar-refractivity contribution in [2.24, 2.45) is 50.7 Å². The summed E-state index contributed by atoms with van der Waals surface area (Å²) in [7, 11) is 1.73. The molecule has 10 nitrogen and oxygen atoms in total. The predicted molar refractivity (Wildman–Crippen MR) is 187 cm³/mol. The van der Waals surface area contributed by atoms with E-state index in [0.717, 1.165) is 64.5 Å². The minimum atomic E-state index is -1.08. The molecule has 0 aromatic heterocycles. The van der Waals surface area contributed by atoms with E-state index < -0.39 is 18.6 Å². The number of amides is 2. The van der Waals surface area contributed by atoms with Crippen LogP contribution in [0.3, 0.4) is 0 Å². The maximum Gasteiger partial charge on any atom is 0.410 e. The van der Waals surface area contributed by atoms with Crippen molar-refractivity contribution in [2.45, 2.75) is 150 Å². The van der Waals surface area contributed by atoms with E-state index in [0.29, 0.717) is 11.8 Å². The number of ether oxygens (including phenoxy) is 3. The summed E-state index contributed by atoms with van der Waals surface area (Å²) < 4.78 is 18.0. The molecule has 1 unspecified atom stereocenters. The van der Waals surface area contributed by atoms with E-state index in [1.54, 1.807) is 12.0 Å². The molecule has 5 rings (SSSR count). The number of alkyl carbamates (subject to hydrolysis) is 1. The molecule has 1 aliphatic heterocycles. The fourth-order valence-corrected chi connectivity index (χ4v) is 11.6. The first kappa shape index (κ1) is 38.2. The largest absolute Gasteiger partial charge is 0.480 e. The van der Waals surface area contributed by atoms with E-state index in [1.807, 2.05) is 0 Å². The van der Waals surface area contributed by atoms with E-state index >= 15 is 0 Å². The van der Waals surface area contributed by atoms with Gasteiger partial charge in [-0.15, -0.1) is 0 Å². The summed E-state index contributed by atoms with van der Waals surface area (Å²) in [6, 6.07) is 0. The van der Waals surface area contributed by atoms with Gasteiger partial charge in [-0.3, -0.25) is 4.79 Å². The van der Waals surface area contributed by atoms with Gasteiger partial charge in [0.05, 0.1) is 12.2 Å². The smallest absolute Gasteiger partial charge is 0.410 e. The van der Waals surface area contributed by atoms with Gasteiger partial charge in [0, 0.05) is 25.6 Å². The number of carbonyl (C=O) groups excluding carboxylic acids is 2. The number of aliphatic hydroxyl groups is 1. The third kappa shape index (κ3) is 6.71. The van der Waals surface area contributed by atoms with Crippen LogP contribution < -0.4 is 5.32 Å². The Morgan fingerprint density at radius 3 is 2.27 bits per heavy atom. The summed E-state index contributed by atoms with van der Waals surface area (Å²) in [6.45, 7) is 19.0. The predicted octanol–water partition coefficient (Wildman–Crippen LogP) is 7.26. The van der Waals surface area contributed by atoms with E-state index in [-0.39, 0.29) is 69.4 Å². The molecule has 4 saturated carbocycles. The van der Waals surface area contributed by atoms with Gasteiger partial charge in [0.1, 0.15) is 18.8 Å². The fourth-order valence-electron chi connectivity index (χ4n) is 11.6. The number of aliphatic hydroxyl groups excluding tert-OH is 1. The molecular weight excluding hydrogens is 624 g/mol. The normalized spacial score (nSPS) is 37.6. The molecule has 280 valence electrons. The van der Waals surface area contributed by atoms with E-state index in [2.05, 4.69) is 60.7 Å². The molecule has 2 amide bonds. The van der Waals surface area contributed by atoms with Crippen LogP contribution in [0.25, 0.3) is 0 Å². The second kappa shape index (κ2) is 13.8. The van der Waals surface area contributed by atoms with Gasteiger partial charge in [0.25, 0.3) is 0 Å². The quantitative estimate of drug-likeness (QED) is 0.184. The highest BCUT2D eigenvalue weighted by Gasteiger charge is 2.75. The van der Waals surface area contributed by atoms with Crippen LogP contribution in [0.2, 0.25) is 0 Å². The minimum absolute atomic E-state index is 0.0880. The minimum Gasteiger partial charge on any atom is -0.480 e. The maximum atomic E-state index is 12.8. The highest BCUT2D eigenvalue weighted by Crippen LogP contribution is 2.82. The number of carboxylic acids is 1. The van der Waals surface area contributed by atoms with E-state index in [1.165, 1.54) is 19.3 Å². The molecule has 0 radical (unpaired) electrons. The molecule has 1 saturated heterocycles. The number of aliphatic carboxylic acids is 1. The van der Waals surface area contributed by atoms with Gasteiger partial charge in [-0.2, -0.15) is 0 Å². The molecule has 5 aliphatic rings. The summed E-state index contributed by atoms with van der Waals surface area (Å²) in [4.78, 5) is 38.0. The molecule has 10 atom stereocenters. The van der Waals surface area contributed by atoms with Crippen molar-refractivity contribution >= 4 is 18.2 Å². The molecule has 4 aliphatic carbocycles. The SMILES string of the molecule is COC(C[C@@H](C)[C@H]1C[C@H](O)C(C)(C)[C@]1(C)CC[C@]12CCC[C@H]3C(C)(C)[C@@H](OC(=O)NCC(=O)O)CC[C@@]31C2)[C@H](OC(=O)N1CCC1)C(C)C. The first-order valence-electron chi connectivity index (χ1n) is 19.2. The topological polar surface area (TPSA) is 135 Å². The lowest BCUT2D eigenvalue weighted by Gasteiger charge is -2.54. The lowest BCUT2D eigenvalue weighted by atomic mass is 9.52. The van der Waals surface area contributed by atoms with Crippen LogP contribution in [0.4, 0.5) is 9.59 Å². The summed E-state index contributed by atoms with van der Waals surface area (Å²) in [5, 5.41) is 22.9. The summed E-state index contributed by atoms with van der Waals surface area (Å²) in [6.07, 6.45) is 9.23. The van der Waals surface area contributed by atoms with Crippen LogP contribution in [0.1, 0.15) is 126 Å². The fraction of sp³-hybridized carbons (Fsp3) is 0.923. The second-order valence-corrected chi connectivity index (χ2v) is 18.5. The Morgan fingerprint density at radius 1 is 0.980 bits per heavy atom. The molecular formula is C39H66N2O8. The molecule has 3 N–H and O–H groups in total. The molecule has 0 aromatic carbocycles. The van der Waals surface area contributed by atoms with Crippen LogP contribution in [-0.4, -0.2) is 84.4 Å². The number of likely N-dealkylation sites (tertiary alicyclic amines) is 1. The van der Waals surface area contributed by atoms with Gasteiger partial charge in [-0.1, -0.05) is 61.8 Å². The Morgan fingerprint density at radius 2 is 1.67 bits per heavy atom. The first-order valence-corrected chi connectivity index (χ1v) is 19.2. The van der Waals surface area contributed by atoms with Crippen molar-refractivity contribution < 1.29 is 38.8 Å². The lowest BCUT2D eigenvalue weighted by molar-refractivity contribution is -0.136. The molecule has 5 fully saturated rings. The number of hydrogen-bond acceptors (Lipinski definition) is 7. The number of hydrogen-bond donors (Lipinski definition) is 3. The van der Waals surface area contributed by atoms with Crippen LogP contribution in [0, 0.1) is 50.7 Å². The zero-order valence-corrected chi connectivity index (χ0v) is 31.8. The third-order valence-electron chi connectivity index (χ3n) is 15.3. The Balaban J connectivity index is 1.29. The number of methoxy groups -OCH3 is 1. The van der Waals surface area contributed by atoms with Crippen LogP contribution >= 0.6 is 0 Å². The first-order chi connectivity index (χ1) is 22.8. The summed E-state index contributed by atoms with van der Waals surface area (Å²) in [5.74, 6) is 0.0355. The second-order valence-electron chi connectivity index (χ2n) is 18.5. The molecule has 49 heavy (non-hydrogen) atoms. The highest BCUT2D eigenvalue weighted by atomic mass is 16.6. The number of rotatable bonds is 13.